The summed E-state index contributed by atoms with van der Waals surface area (Å²) in [4.78, 5) is 0. The van der Waals surface area contributed by atoms with Crippen LogP contribution in [0.2, 0.25) is 0 Å². The molecule has 3 rings (SSSR count). The van der Waals surface area contributed by atoms with E-state index in [2.05, 4.69) is 56.3 Å². The molecule has 0 heterocycles. The zero-order valence-electron chi connectivity index (χ0n) is 13.0. The Morgan fingerprint density at radius 2 is 1.71 bits per heavy atom. The summed E-state index contributed by atoms with van der Waals surface area (Å²) in [7, 11) is 0. The summed E-state index contributed by atoms with van der Waals surface area (Å²) in [5.41, 5.74) is 6.26. The molecule has 1 fully saturated rings. The van der Waals surface area contributed by atoms with Crippen molar-refractivity contribution in [3.05, 3.63) is 70.3 Å². The second-order valence-corrected chi connectivity index (χ2v) is 6.43. The van der Waals surface area contributed by atoms with Crippen LogP contribution in [0.1, 0.15) is 59.1 Å². The predicted molar refractivity (Wildman–Crippen MR) is 87.6 cm³/mol. The molecule has 0 amide bonds. The van der Waals surface area contributed by atoms with Crippen molar-refractivity contribution in [2.24, 2.45) is 0 Å². The van der Waals surface area contributed by atoms with Crippen LogP contribution in [0.25, 0.3) is 0 Å². The van der Waals surface area contributed by atoms with Gasteiger partial charge >= 0.3 is 0 Å². The summed E-state index contributed by atoms with van der Waals surface area (Å²) in [6, 6.07) is 15.0. The molecule has 1 aliphatic carbocycles. The third kappa shape index (κ3) is 3.19. The van der Waals surface area contributed by atoms with Gasteiger partial charge in [-0.15, -0.1) is 0 Å². The normalized spacial score (nSPS) is 16.5. The van der Waals surface area contributed by atoms with E-state index in [0.29, 0.717) is 6.42 Å². The molecular formula is C20H24O. The van der Waals surface area contributed by atoms with Gasteiger partial charge in [0.1, 0.15) is 0 Å². The largest absolute Gasteiger partial charge is 0.388 e. The fourth-order valence-electron chi connectivity index (χ4n) is 3.00. The van der Waals surface area contributed by atoms with Crippen LogP contribution in [0.5, 0.6) is 0 Å². The first-order valence-corrected chi connectivity index (χ1v) is 7.97. The third-order valence-corrected chi connectivity index (χ3v) is 4.90. The van der Waals surface area contributed by atoms with Gasteiger partial charge in [-0.1, -0.05) is 48.9 Å². The van der Waals surface area contributed by atoms with Gasteiger partial charge in [0.25, 0.3) is 0 Å². The molecular weight excluding hydrogens is 256 g/mol. The maximum Gasteiger partial charge on any atom is 0.0830 e. The highest BCUT2D eigenvalue weighted by Crippen LogP contribution is 2.36. The summed E-state index contributed by atoms with van der Waals surface area (Å²) in [6.45, 7) is 4.24. The highest BCUT2D eigenvalue weighted by molar-refractivity contribution is 5.32. The van der Waals surface area contributed by atoms with Crippen LogP contribution in [0.15, 0.2) is 42.5 Å². The molecule has 0 saturated heterocycles. The molecule has 1 N–H and O–H groups in total. The zero-order valence-corrected chi connectivity index (χ0v) is 13.0. The fourth-order valence-corrected chi connectivity index (χ4v) is 3.00. The lowest BCUT2D eigenvalue weighted by molar-refractivity contribution is 0.178. The summed E-state index contributed by atoms with van der Waals surface area (Å²) in [5.74, 6) is 0.760. The fraction of sp³-hybridized carbons (Fsp3) is 0.400. The Bertz CT molecular complexity index is 608. The highest BCUT2D eigenvalue weighted by atomic mass is 16.3. The van der Waals surface area contributed by atoms with Crippen LogP contribution < -0.4 is 0 Å². The first-order valence-electron chi connectivity index (χ1n) is 7.97. The molecule has 0 radical (unpaired) electrons. The van der Waals surface area contributed by atoms with Gasteiger partial charge < -0.3 is 5.11 Å². The smallest absolute Gasteiger partial charge is 0.0830 e. The van der Waals surface area contributed by atoms with Gasteiger partial charge in [0.15, 0.2) is 0 Å². The molecule has 2 aromatic carbocycles. The first-order chi connectivity index (χ1) is 10.1. The number of aryl methyl sites for hydroxylation is 2. The van der Waals surface area contributed by atoms with Crippen molar-refractivity contribution in [2.75, 3.05) is 0 Å². The average molecular weight is 280 g/mol. The first kappa shape index (κ1) is 14.3. The summed E-state index contributed by atoms with van der Waals surface area (Å²) < 4.78 is 0. The minimum absolute atomic E-state index is 0.414. The van der Waals surface area contributed by atoms with Crippen molar-refractivity contribution in [2.45, 2.75) is 51.6 Å². The standard InChI is InChI=1S/C20H24O/c1-14-6-7-16(12-15(14)2)13-20(21)19-10-8-18(9-11-19)17-4-3-5-17/h6-12,17,20-21H,3-5,13H2,1-2H3. The third-order valence-electron chi connectivity index (χ3n) is 4.90. The molecule has 1 heteroatoms. The van der Waals surface area contributed by atoms with Crippen LogP contribution in [0.3, 0.4) is 0 Å². The topological polar surface area (TPSA) is 20.2 Å². The second-order valence-electron chi connectivity index (χ2n) is 6.43. The quantitative estimate of drug-likeness (QED) is 0.849. The van der Waals surface area contributed by atoms with Gasteiger partial charge in [-0.25, -0.2) is 0 Å². The van der Waals surface area contributed by atoms with E-state index in [1.165, 1.54) is 41.5 Å². The Balaban J connectivity index is 1.69. The molecule has 1 unspecified atom stereocenters. The maximum absolute atomic E-state index is 10.4. The van der Waals surface area contributed by atoms with E-state index >= 15 is 0 Å². The van der Waals surface area contributed by atoms with Crippen LogP contribution in [0, 0.1) is 13.8 Å². The summed E-state index contributed by atoms with van der Waals surface area (Å²) in [6.07, 6.45) is 4.28. The van der Waals surface area contributed by atoms with E-state index < -0.39 is 6.10 Å². The van der Waals surface area contributed by atoms with Crippen LogP contribution in [-0.2, 0) is 6.42 Å². The Morgan fingerprint density at radius 1 is 1.00 bits per heavy atom. The minimum atomic E-state index is -0.414. The Labute approximate surface area is 127 Å². The zero-order chi connectivity index (χ0) is 14.8. The van der Waals surface area contributed by atoms with Gasteiger partial charge in [-0.05, 0) is 60.4 Å². The van der Waals surface area contributed by atoms with E-state index in [0.717, 1.165) is 11.5 Å². The minimum Gasteiger partial charge on any atom is -0.388 e. The van der Waals surface area contributed by atoms with Gasteiger partial charge in [0.2, 0.25) is 0 Å². The monoisotopic (exact) mass is 280 g/mol. The van der Waals surface area contributed by atoms with Crippen molar-refractivity contribution < 1.29 is 5.11 Å². The molecule has 1 nitrogen and oxygen atoms in total. The number of rotatable bonds is 4. The number of benzene rings is 2. The van der Waals surface area contributed by atoms with E-state index in [-0.39, 0.29) is 0 Å². The molecule has 0 aromatic heterocycles. The van der Waals surface area contributed by atoms with E-state index in [1.54, 1.807) is 0 Å². The molecule has 21 heavy (non-hydrogen) atoms. The number of aliphatic hydroxyl groups excluding tert-OH is 1. The SMILES string of the molecule is Cc1ccc(CC(O)c2ccc(C3CCC3)cc2)cc1C. The second kappa shape index (κ2) is 6.03. The lowest BCUT2D eigenvalue weighted by Crippen LogP contribution is -2.09. The van der Waals surface area contributed by atoms with Gasteiger partial charge in [-0.2, -0.15) is 0 Å². The molecule has 110 valence electrons. The molecule has 1 atom stereocenters. The van der Waals surface area contributed by atoms with Crippen molar-refractivity contribution in [3.63, 3.8) is 0 Å². The van der Waals surface area contributed by atoms with E-state index in [4.69, 9.17) is 0 Å². The van der Waals surface area contributed by atoms with Crippen LogP contribution in [-0.4, -0.2) is 5.11 Å². The Morgan fingerprint density at radius 3 is 2.29 bits per heavy atom. The average Bonchev–Trinajstić information content (AvgIpc) is 2.42. The summed E-state index contributed by atoms with van der Waals surface area (Å²) in [5, 5.41) is 10.4. The lowest BCUT2D eigenvalue weighted by Gasteiger charge is -2.26. The Kier molecular flexibility index (Phi) is 4.12. The number of aliphatic hydroxyl groups is 1. The number of hydrogen-bond donors (Lipinski definition) is 1. The Hall–Kier alpha value is -1.60. The van der Waals surface area contributed by atoms with E-state index in [1.807, 2.05) is 0 Å². The maximum atomic E-state index is 10.4. The van der Waals surface area contributed by atoms with Gasteiger partial charge in [-0.3, -0.25) is 0 Å². The highest BCUT2D eigenvalue weighted by Gasteiger charge is 2.19. The molecule has 0 spiro atoms. The molecule has 1 saturated carbocycles. The van der Waals surface area contributed by atoms with Crippen molar-refractivity contribution in [1.82, 2.24) is 0 Å². The van der Waals surface area contributed by atoms with Crippen molar-refractivity contribution >= 4 is 0 Å². The van der Waals surface area contributed by atoms with Crippen molar-refractivity contribution in [3.8, 4) is 0 Å². The molecule has 0 bridgehead atoms. The number of hydrogen-bond acceptors (Lipinski definition) is 1. The van der Waals surface area contributed by atoms with Gasteiger partial charge in [0, 0.05) is 6.42 Å². The van der Waals surface area contributed by atoms with Gasteiger partial charge in [0.05, 0.1) is 6.10 Å². The van der Waals surface area contributed by atoms with Crippen LogP contribution >= 0.6 is 0 Å². The summed E-state index contributed by atoms with van der Waals surface area (Å²) >= 11 is 0. The lowest BCUT2D eigenvalue weighted by atomic mass is 9.80. The predicted octanol–water partition coefficient (Wildman–Crippen LogP) is 4.85. The van der Waals surface area contributed by atoms with Crippen LogP contribution in [0.4, 0.5) is 0 Å². The van der Waals surface area contributed by atoms with Crippen molar-refractivity contribution in [1.29, 1.82) is 0 Å². The molecule has 0 aliphatic heterocycles. The van der Waals surface area contributed by atoms with E-state index in [9.17, 15) is 5.11 Å². The molecule has 2 aromatic rings. The molecule has 1 aliphatic rings.